The highest BCUT2D eigenvalue weighted by Gasteiger charge is 2.26. The molecule has 1 aliphatic rings. The number of rotatable bonds is 7. The van der Waals surface area contributed by atoms with Gasteiger partial charge in [0.05, 0.1) is 5.75 Å². The van der Waals surface area contributed by atoms with Gasteiger partial charge in [-0.3, -0.25) is 0 Å². The lowest BCUT2D eigenvalue weighted by atomic mass is 9.95. The van der Waals surface area contributed by atoms with Crippen LogP contribution in [0.4, 0.5) is 0 Å². The van der Waals surface area contributed by atoms with E-state index in [1.807, 2.05) is 0 Å². The summed E-state index contributed by atoms with van der Waals surface area (Å²) in [5, 5.41) is 3.54. The summed E-state index contributed by atoms with van der Waals surface area (Å²) >= 11 is 0. The number of piperidine rings is 1. The molecule has 3 N–H and O–H groups in total. The van der Waals surface area contributed by atoms with Crippen LogP contribution in [0.1, 0.15) is 33.6 Å². The Morgan fingerprint density at radius 1 is 1.32 bits per heavy atom. The standard InChI is InChI=1S/C13H29N3O2S/c1-4-19(17,18)16-7-5-13(6-8-16)15-10-12(9-14)11(2)3/h11-13,15H,4-10,14H2,1-3H3. The summed E-state index contributed by atoms with van der Waals surface area (Å²) in [6, 6.07) is 0.427. The molecule has 1 rings (SSSR count). The van der Waals surface area contributed by atoms with Gasteiger partial charge in [0.2, 0.25) is 10.0 Å². The fourth-order valence-electron chi connectivity index (χ4n) is 2.43. The number of hydrogen-bond acceptors (Lipinski definition) is 4. The molecule has 1 fully saturated rings. The molecule has 0 aromatic heterocycles. The average molecular weight is 291 g/mol. The summed E-state index contributed by atoms with van der Waals surface area (Å²) < 4.78 is 25.1. The molecule has 1 atom stereocenters. The monoisotopic (exact) mass is 291 g/mol. The van der Waals surface area contributed by atoms with E-state index in [-0.39, 0.29) is 5.75 Å². The topological polar surface area (TPSA) is 75.4 Å². The van der Waals surface area contributed by atoms with Gasteiger partial charge in [0.25, 0.3) is 0 Å². The Hall–Kier alpha value is -0.170. The molecule has 0 bridgehead atoms. The highest BCUT2D eigenvalue weighted by atomic mass is 32.2. The Balaban J connectivity index is 2.35. The van der Waals surface area contributed by atoms with E-state index in [0.29, 0.717) is 37.5 Å². The van der Waals surface area contributed by atoms with Crippen molar-refractivity contribution < 1.29 is 8.42 Å². The predicted octanol–water partition coefficient (Wildman–Crippen LogP) is 0.621. The van der Waals surface area contributed by atoms with E-state index in [1.165, 1.54) is 0 Å². The molecule has 5 nitrogen and oxygen atoms in total. The van der Waals surface area contributed by atoms with Crippen LogP contribution in [0.15, 0.2) is 0 Å². The van der Waals surface area contributed by atoms with E-state index in [0.717, 1.165) is 19.4 Å². The van der Waals surface area contributed by atoms with Crippen molar-refractivity contribution >= 4 is 10.0 Å². The second kappa shape index (κ2) is 7.57. The Kier molecular flexibility index (Phi) is 6.73. The number of hydrogen-bond donors (Lipinski definition) is 2. The zero-order valence-electron chi connectivity index (χ0n) is 12.4. The Labute approximate surface area is 118 Å². The van der Waals surface area contributed by atoms with Gasteiger partial charge in [-0.1, -0.05) is 13.8 Å². The molecule has 1 heterocycles. The van der Waals surface area contributed by atoms with Crippen molar-refractivity contribution in [1.29, 1.82) is 0 Å². The molecule has 1 unspecified atom stereocenters. The van der Waals surface area contributed by atoms with Gasteiger partial charge in [-0.05, 0) is 44.7 Å². The summed E-state index contributed by atoms with van der Waals surface area (Å²) in [5.74, 6) is 1.28. The Bertz CT molecular complexity index is 349. The van der Waals surface area contributed by atoms with Crippen LogP contribution in [-0.4, -0.2) is 50.7 Å². The third-order valence-corrected chi connectivity index (χ3v) is 6.01. The van der Waals surface area contributed by atoms with Crippen molar-refractivity contribution in [2.24, 2.45) is 17.6 Å². The van der Waals surface area contributed by atoms with Crippen molar-refractivity contribution in [1.82, 2.24) is 9.62 Å². The van der Waals surface area contributed by atoms with Gasteiger partial charge in [-0.15, -0.1) is 0 Å². The summed E-state index contributed by atoms with van der Waals surface area (Å²) in [4.78, 5) is 0. The molecule has 6 heteroatoms. The maximum absolute atomic E-state index is 11.8. The van der Waals surface area contributed by atoms with E-state index < -0.39 is 10.0 Å². The molecule has 114 valence electrons. The fraction of sp³-hybridized carbons (Fsp3) is 1.00. The van der Waals surface area contributed by atoms with Crippen molar-refractivity contribution in [2.75, 3.05) is 31.9 Å². The lowest BCUT2D eigenvalue weighted by Gasteiger charge is -2.32. The number of nitrogens with zero attached hydrogens (tertiary/aromatic N) is 1. The second-order valence-electron chi connectivity index (χ2n) is 5.72. The third kappa shape index (κ3) is 5.02. The number of nitrogens with two attached hydrogens (primary N) is 1. The van der Waals surface area contributed by atoms with Crippen molar-refractivity contribution in [3.8, 4) is 0 Å². The third-order valence-electron chi connectivity index (χ3n) is 4.13. The molecule has 0 aromatic carbocycles. The molecule has 1 saturated heterocycles. The van der Waals surface area contributed by atoms with Gasteiger partial charge < -0.3 is 11.1 Å². The largest absolute Gasteiger partial charge is 0.330 e. The van der Waals surface area contributed by atoms with Gasteiger partial charge in [0.1, 0.15) is 0 Å². The molecular weight excluding hydrogens is 262 g/mol. The van der Waals surface area contributed by atoms with Crippen molar-refractivity contribution in [3.05, 3.63) is 0 Å². The van der Waals surface area contributed by atoms with Crippen molar-refractivity contribution in [2.45, 2.75) is 39.7 Å². The first-order chi connectivity index (χ1) is 8.90. The second-order valence-corrected chi connectivity index (χ2v) is 7.98. The number of sulfonamides is 1. The Morgan fingerprint density at radius 3 is 2.32 bits per heavy atom. The first-order valence-corrected chi connectivity index (χ1v) is 8.92. The van der Waals surface area contributed by atoms with Gasteiger partial charge >= 0.3 is 0 Å². The first-order valence-electron chi connectivity index (χ1n) is 7.32. The smallest absolute Gasteiger partial charge is 0.213 e. The zero-order chi connectivity index (χ0) is 14.5. The van der Waals surface area contributed by atoms with Crippen LogP contribution in [0.2, 0.25) is 0 Å². The molecule has 0 amide bonds. The molecule has 0 aromatic rings. The number of nitrogens with one attached hydrogen (secondary N) is 1. The van der Waals surface area contributed by atoms with Crippen LogP contribution in [-0.2, 0) is 10.0 Å². The van der Waals surface area contributed by atoms with E-state index in [9.17, 15) is 8.42 Å². The highest BCUT2D eigenvalue weighted by molar-refractivity contribution is 7.89. The molecule has 0 saturated carbocycles. The minimum atomic E-state index is -3.01. The zero-order valence-corrected chi connectivity index (χ0v) is 13.2. The lowest BCUT2D eigenvalue weighted by Crippen LogP contribution is -2.47. The van der Waals surface area contributed by atoms with Gasteiger partial charge in [0.15, 0.2) is 0 Å². The first kappa shape index (κ1) is 16.9. The summed E-state index contributed by atoms with van der Waals surface area (Å²) in [6.07, 6.45) is 1.79. The molecule has 1 aliphatic heterocycles. The Morgan fingerprint density at radius 2 is 1.89 bits per heavy atom. The van der Waals surface area contributed by atoms with E-state index in [4.69, 9.17) is 5.73 Å². The van der Waals surface area contributed by atoms with Crippen LogP contribution in [0.5, 0.6) is 0 Å². The normalized spacial score (nSPS) is 20.9. The summed E-state index contributed by atoms with van der Waals surface area (Å²) in [7, 11) is -3.01. The van der Waals surface area contributed by atoms with Crippen LogP contribution in [0, 0.1) is 11.8 Å². The van der Waals surface area contributed by atoms with Crippen LogP contribution in [0.3, 0.4) is 0 Å². The van der Waals surface area contributed by atoms with Crippen molar-refractivity contribution in [3.63, 3.8) is 0 Å². The summed E-state index contributed by atoms with van der Waals surface area (Å²) in [6.45, 7) is 9.00. The van der Waals surface area contributed by atoms with E-state index >= 15 is 0 Å². The van der Waals surface area contributed by atoms with Gasteiger partial charge in [0, 0.05) is 19.1 Å². The van der Waals surface area contributed by atoms with Gasteiger partial charge in [-0.25, -0.2) is 12.7 Å². The van der Waals surface area contributed by atoms with Gasteiger partial charge in [-0.2, -0.15) is 0 Å². The van der Waals surface area contributed by atoms with E-state index in [1.54, 1.807) is 11.2 Å². The maximum atomic E-state index is 11.8. The average Bonchev–Trinajstić information content (AvgIpc) is 2.39. The highest BCUT2D eigenvalue weighted by Crippen LogP contribution is 2.15. The molecule has 0 aliphatic carbocycles. The van der Waals surface area contributed by atoms with Crippen LogP contribution in [0.25, 0.3) is 0 Å². The minimum absolute atomic E-state index is 0.202. The maximum Gasteiger partial charge on any atom is 0.213 e. The molecule has 0 spiro atoms. The molecule has 0 radical (unpaired) electrons. The minimum Gasteiger partial charge on any atom is -0.330 e. The van der Waals surface area contributed by atoms with Crippen LogP contribution < -0.4 is 11.1 Å². The molecular formula is C13H29N3O2S. The lowest BCUT2D eigenvalue weighted by molar-refractivity contribution is 0.269. The predicted molar refractivity (Wildman–Crippen MR) is 79.4 cm³/mol. The fourth-order valence-corrected chi connectivity index (χ4v) is 3.56. The van der Waals surface area contributed by atoms with Crippen LogP contribution >= 0.6 is 0 Å². The van der Waals surface area contributed by atoms with E-state index in [2.05, 4.69) is 19.2 Å². The summed E-state index contributed by atoms with van der Waals surface area (Å²) in [5.41, 5.74) is 5.76. The SMILES string of the molecule is CCS(=O)(=O)N1CCC(NCC(CN)C(C)C)CC1. The molecule has 19 heavy (non-hydrogen) atoms. The quantitative estimate of drug-likeness (QED) is 0.721.